The molecule has 0 radical (unpaired) electrons. The normalized spacial score (nSPS) is 11.8. The van der Waals surface area contributed by atoms with Crippen LogP contribution in [0.1, 0.15) is 34.6 Å². The Morgan fingerprint density at radius 3 is 2.65 bits per heavy atom. The third-order valence-electron chi connectivity index (χ3n) is 3.11. The van der Waals surface area contributed by atoms with Gasteiger partial charge in [-0.1, -0.05) is 0 Å². The molecular formula is C15H18N4O. The van der Waals surface area contributed by atoms with Gasteiger partial charge < -0.3 is 10.6 Å². The number of hydrogen-bond acceptors (Lipinski definition) is 4. The lowest BCUT2D eigenvalue weighted by Crippen LogP contribution is -2.27. The summed E-state index contributed by atoms with van der Waals surface area (Å²) < 4.78 is 0. The molecule has 0 spiro atoms. The van der Waals surface area contributed by atoms with Gasteiger partial charge in [0.05, 0.1) is 17.3 Å². The van der Waals surface area contributed by atoms with Crippen molar-refractivity contribution < 1.29 is 4.79 Å². The summed E-state index contributed by atoms with van der Waals surface area (Å²) in [4.78, 5) is 20.5. The number of hydrogen-bond donors (Lipinski definition) is 2. The monoisotopic (exact) mass is 270 g/mol. The summed E-state index contributed by atoms with van der Waals surface area (Å²) >= 11 is 0. The largest absolute Gasteiger partial charge is 0.387 e. The van der Waals surface area contributed by atoms with Gasteiger partial charge in [-0.3, -0.25) is 14.8 Å². The van der Waals surface area contributed by atoms with Crippen LogP contribution in [0.2, 0.25) is 0 Å². The van der Waals surface area contributed by atoms with Gasteiger partial charge in [-0.25, -0.2) is 0 Å². The zero-order valence-electron chi connectivity index (χ0n) is 11.8. The number of pyridine rings is 2. The van der Waals surface area contributed by atoms with Gasteiger partial charge >= 0.3 is 0 Å². The molecule has 2 aromatic rings. The maximum Gasteiger partial charge on any atom is 0.255 e. The first-order chi connectivity index (χ1) is 9.61. The third-order valence-corrected chi connectivity index (χ3v) is 3.11. The molecule has 1 atom stereocenters. The molecule has 0 saturated carbocycles. The van der Waals surface area contributed by atoms with Crippen molar-refractivity contribution in [2.24, 2.45) is 0 Å². The van der Waals surface area contributed by atoms with Crippen LogP contribution in [-0.4, -0.2) is 22.9 Å². The van der Waals surface area contributed by atoms with Gasteiger partial charge in [0.15, 0.2) is 0 Å². The van der Waals surface area contributed by atoms with E-state index in [1.165, 1.54) is 0 Å². The molecule has 1 amide bonds. The second kappa shape index (κ2) is 6.14. The molecular weight excluding hydrogens is 252 g/mol. The van der Waals surface area contributed by atoms with Crippen LogP contribution in [0.5, 0.6) is 0 Å². The van der Waals surface area contributed by atoms with Gasteiger partial charge in [0.25, 0.3) is 5.91 Å². The number of carbonyl (C=O) groups is 1. The lowest BCUT2D eigenvalue weighted by Gasteiger charge is -2.15. The van der Waals surface area contributed by atoms with E-state index in [1.807, 2.05) is 32.0 Å². The zero-order chi connectivity index (χ0) is 14.5. The number of nitrogens with zero attached hydrogens (tertiary/aromatic N) is 2. The number of nitrogens with one attached hydrogen (secondary N) is 2. The quantitative estimate of drug-likeness (QED) is 0.894. The summed E-state index contributed by atoms with van der Waals surface area (Å²) in [6, 6.07) is 5.54. The van der Waals surface area contributed by atoms with Crippen LogP contribution in [0.25, 0.3) is 0 Å². The van der Waals surface area contributed by atoms with Crippen LogP contribution in [0.15, 0.2) is 36.8 Å². The molecule has 0 aliphatic rings. The van der Waals surface area contributed by atoms with Gasteiger partial charge in [-0.05, 0) is 37.6 Å². The first-order valence-corrected chi connectivity index (χ1v) is 6.47. The van der Waals surface area contributed by atoms with Crippen molar-refractivity contribution in [3.8, 4) is 0 Å². The van der Waals surface area contributed by atoms with E-state index in [0.29, 0.717) is 5.56 Å². The Labute approximate surface area is 118 Å². The van der Waals surface area contributed by atoms with Crippen LogP contribution in [-0.2, 0) is 0 Å². The highest BCUT2D eigenvalue weighted by Crippen LogP contribution is 2.17. The molecule has 20 heavy (non-hydrogen) atoms. The Bertz CT molecular complexity index is 598. The minimum Gasteiger partial charge on any atom is -0.387 e. The van der Waals surface area contributed by atoms with Crippen LogP contribution in [0.4, 0.5) is 5.69 Å². The molecule has 0 saturated heterocycles. The Kier molecular flexibility index (Phi) is 4.30. The molecule has 2 heterocycles. The van der Waals surface area contributed by atoms with Crippen molar-refractivity contribution in [3.63, 3.8) is 0 Å². The van der Waals surface area contributed by atoms with Gasteiger partial charge in [0, 0.05) is 31.3 Å². The van der Waals surface area contributed by atoms with E-state index in [-0.39, 0.29) is 11.9 Å². The molecule has 5 heteroatoms. The minimum atomic E-state index is -0.147. The van der Waals surface area contributed by atoms with Crippen LogP contribution >= 0.6 is 0 Å². The van der Waals surface area contributed by atoms with Gasteiger partial charge in [-0.2, -0.15) is 0 Å². The number of aryl methyl sites for hydroxylation is 1. The average Bonchev–Trinajstić information content (AvgIpc) is 2.47. The maximum absolute atomic E-state index is 12.3. The summed E-state index contributed by atoms with van der Waals surface area (Å²) in [5.74, 6) is -0.147. The summed E-state index contributed by atoms with van der Waals surface area (Å²) in [6.07, 6.45) is 5.02. The fraction of sp³-hybridized carbons (Fsp3) is 0.267. The topological polar surface area (TPSA) is 66.9 Å². The van der Waals surface area contributed by atoms with Gasteiger partial charge in [-0.15, -0.1) is 0 Å². The SMILES string of the molecule is CNc1cc(C)ncc1C(=O)NC(C)c1ccncc1. The average molecular weight is 270 g/mol. The molecule has 0 aliphatic carbocycles. The number of carbonyl (C=O) groups excluding carboxylic acids is 1. The number of anilines is 1. The van der Waals surface area contributed by atoms with E-state index in [4.69, 9.17) is 0 Å². The number of rotatable bonds is 4. The molecule has 2 aromatic heterocycles. The Morgan fingerprint density at radius 2 is 2.00 bits per heavy atom. The molecule has 0 bridgehead atoms. The predicted molar refractivity (Wildman–Crippen MR) is 78.6 cm³/mol. The van der Waals surface area contributed by atoms with E-state index in [9.17, 15) is 4.79 Å². The van der Waals surface area contributed by atoms with Crippen molar-refractivity contribution in [3.05, 3.63) is 53.6 Å². The molecule has 2 N–H and O–H groups in total. The van der Waals surface area contributed by atoms with Gasteiger partial charge in [0.2, 0.25) is 0 Å². The van der Waals surface area contributed by atoms with Crippen LogP contribution in [0.3, 0.4) is 0 Å². The summed E-state index contributed by atoms with van der Waals surface area (Å²) in [7, 11) is 1.79. The van der Waals surface area contributed by atoms with Crippen molar-refractivity contribution in [1.29, 1.82) is 0 Å². The van der Waals surface area contributed by atoms with Crippen molar-refractivity contribution in [1.82, 2.24) is 15.3 Å². The highest BCUT2D eigenvalue weighted by Gasteiger charge is 2.15. The van der Waals surface area contributed by atoms with E-state index in [0.717, 1.165) is 16.9 Å². The van der Waals surface area contributed by atoms with Crippen LogP contribution in [0, 0.1) is 6.92 Å². The lowest BCUT2D eigenvalue weighted by atomic mass is 10.1. The molecule has 0 aromatic carbocycles. The number of amides is 1. The smallest absolute Gasteiger partial charge is 0.255 e. The second-order valence-corrected chi connectivity index (χ2v) is 4.60. The van der Waals surface area contributed by atoms with Crippen molar-refractivity contribution >= 4 is 11.6 Å². The minimum absolute atomic E-state index is 0.0866. The molecule has 0 fully saturated rings. The number of aromatic nitrogens is 2. The standard InChI is InChI=1S/C15H18N4O/c1-10-8-14(16-3)13(9-18-10)15(20)19-11(2)12-4-6-17-7-5-12/h4-9,11H,1-3H3,(H,16,18)(H,19,20). The summed E-state index contributed by atoms with van der Waals surface area (Å²) in [5.41, 5.74) is 3.20. The van der Waals surface area contributed by atoms with E-state index in [2.05, 4.69) is 20.6 Å². The highest BCUT2D eigenvalue weighted by atomic mass is 16.1. The lowest BCUT2D eigenvalue weighted by molar-refractivity contribution is 0.0940. The molecule has 2 rings (SSSR count). The van der Waals surface area contributed by atoms with Crippen molar-refractivity contribution in [2.75, 3.05) is 12.4 Å². The Morgan fingerprint density at radius 1 is 1.30 bits per heavy atom. The molecule has 0 aliphatic heterocycles. The predicted octanol–water partition coefficient (Wildman–Crippen LogP) is 2.32. The van der Waals surface area contributed by atoms with Crippen molar-refractivity contribution in [2.45, 2.75) is 19.9 Å². The van der Waals surface area contributed by atoms with E-state index in [1.54, 1.807) is 25.6 Å². The first-order valence-electron chi connectivity index (χ1n) is 6.47. The highest BCUT2D eigenvalue weighted by molar-refractivity contribution is 5.99. The fourth-order valence-corrected chi connectivity index (χ4v) is 1.96. The molecule has 5 nitrogen and oxygen atoms in total. The van der Waals surface area contributed by atoms with Gasteiger partial charge in [0.1, 0.15) is 0 Å². The zero-order valence-corrected chi connectivity index (χ0v) is 11.8. The molecule has 1 unspecified atom stereocenters. The molecule has 104 valence electrons. The Balaban J connectivity index is 2.16. The first kappa shape index (κ1) is 14.0. The fourth-order valence-electron chi connectivity index (χ4n) is 1.96. The summed E-state index contributed by atoms with van der Waals surface area (Å²) in [6.45, 7) is 3.83. The Hall–Kier alpha value is -2.43. The van der Waals surface area contributed by atoms with E-state index < -0.39 is 0 Å². The van der Waals surface area contributed by atoms with Crippen LogP contribution < -0.4 is 10.6 Å². The van der Waals surface area contributed by atoms with E-state index >= 15 is 0 Å². The third kappa shape index (κ3) is 3.12. The summed E-state index contributed by atoms with van der Waals surface area (Å²) in [5, 5.41) is 5.98. The second-order valence-electron chi connectivity index (χ2n) is 4.60. The maximum atomic E-state index is 12.3.